The van der Waals surface area contributed by atoms with E-state index in [1.807, 2.05) is 18.2 Å². The van der Waals surface area contributed by atoms with Gasteiger partial charge >= 0.3 is 0 Å². The Balaban J connectivity index is 2.27. The number of nitriles is 1. The fourth-order valence-corrected chi connectivity index (χ4v) is 2.43. The van der Waals surface area contributed by atoms with Gasteiger partial charge in [-0.25, -0.2) is 0 Å². The predicted octanol–water partition coefficient (Wildman–Crippen LogP) is 2.50. The highest BCUT2D eigenvalue weighted by molar-refractivity contribution is 5.32. The number of nitrogens with zero attached hydrogens (tertiary/aromatic N) is 2. The summed E-state index contributed by atoms with van der Waals surface area (Å²) in [7, 11) is 0. The van der Waals surface area contributed by atoms with Crippen molar-refractivity contribution < 1.29 is 0 Å². The van der Waals surface area contributed by atoms with Gasteiger partial charge in [0.2, 0.25) is 0 Å². The Morgan fingerprint density at radius 3 is 2.37 bits per heavy atom. The second-order valence-electron chi connectivity index (χ2n) is 5.26. The predicted molar refractivity (Wildman–Crippen MR) is 77.7 cm³/mol. The van der Waals surface area contributed by atoms with E-state index in [-0.39, 0.29) is 0 Å². The number of nitrogens with one attached hydrogen (secondary N) is 1. The van der Waals surface area contributed by atoms with Crippen molar-refractivity contribution in [1.82, 2.24) is 10.2 Å². The van der Waals surface area contributed by atoms with Crippen LogP contribution in [-0.2, 0) is 5.54 Å². The first-order valence-electron chi connectivity index (χ1n) is 7.21. The van der Waals surface area contributed by atoms with E-state index in [0.717, 1.165) is 25.2 Å². The van der Waals surface area contributed by atoms with Gasteiger partial charge in [0.15, 0.2) is 0 Å². The SMILES string of the molecule is CCN(CC)CC(C#N)(NC1CC1)c1ccccc1. The van der Waals surface area contributed by atoms with Gasteiger partial charge in [-0.2, -0.15) is 5.26 Å². The molecule has 2 rings (SSSR count). The van der Waals surface area contributed by atoms with Gasteiger partial charge < -0.3 is 4.90 Å². The standard InChI is InChI=1S/C16H23N3/c1-3-19(4-2)13-16(12-17,18-15-10-11-15)14-8-6-5-7-9-14/h5-9,15,18H,3-4,10-11,13H2,1-2H3. The van der Waals surface area contributed by atoms with E-state index in [0.29, 0.717) is 6.04 Å². The van der Waals surface area contributed by atoms with Crippen molar-refractivity contribution in [1.29, 1.82) is 5.26 Å². The Morgan fingerprint density at radius 1 is 1.26 bits per heavy atom. The zero-order valence-corrected chi connectivity index (χ0v) is 11.9. The average Bonchev–Trinajstić information content (AvgIpc) is 3.28. The molecule has 1 aliphatic carbocycles. The molecule has 102 valence electrons. The van der Waals surface area contributed by atoms with Crippen molar-refractivity contribution in [3.8, 4) is 6.07 Å². The van der Waals surface area contributed by atoms with Crippen LogP contribution in [0, 0.1) is 11.3 Å². The molecule has 1 fully saturated rings. The number of hydrogen-bond acceptors (Lipinski definition) is 3. The third-order valence-corrected chi connectivity index (χ3v) is 3.84. The van der Waals surface area contributed by atoms with Crippen molar-refractivity contribution >= 4 is 0 Å². The van der Waals surface area contributed by atoms with Crippen LogP contribution >= 0.6 is 0 Å². The highest BCUT2D eigenvalue weighted by Gasteiger charge is 2.38. The maximum atomic E-state index is 9.81. The van der Waals surface area contributed by atoms with E-state index in [4.69, 9.17) is 0 Å². The van der Waals surface area contributed by atoms with E-state index < -0.39 is 5.54 Å². The Labute approximate surface area is 116 Å². The zero-order valence-electron chi connectivity index (χ0n) is 11.9. The molecule has 3 heteroatoms. The third kappa shape index (κ3) is 3.34. The van der Waals surface area contributed by atoms with Crippen LogP contribution in [0.5, 0.6) is 0 Å². The molecular weight excluding hydrogens is 234 g/mol. The second kappa shape index (κ2) is 6.18. The summed E-state index contributed by atoms with van der Waals surface area (Å²) in [4.78, 5) is 2.31. The van der Waals surface area contributed by atoms with Gasteiger partial charge in [-0.1, -0.05) is 44.2 Å². The summed E-state index contributed by atoms with van der Waals surface area (Å²) in [5.74, 6) is 0. The minimum atomic E-state index is -0.575. The van der Waals surface area contributed by atoms with Gasteiger partial charge in [0, 0.05) is 12.6 Å². The molecule has 0 saturated heterocycles. The molecule has 0 spiro atoms. The summed E-state index contributed by atoms with van der Waals surface area (Å²) < 4.78 is 0. The molecule has 19 heavy (non-hydrogen) atoms. The normalized spacial score (nSPS) is 18.0. The van der Waals surface area contributed by atoms with Gasteiger partial charge in [0.25, 0.3) is 0 Å². The molecule has 1 atom stereocenters. The lowest BCUT2D eigenvalue weighted by Gasteiger charge is -2.33. The Bertz CT molecular complexity index is 429. The van der Waals surface area contributed by atoms with Gasteiger partial charge in [0.1, 0.15) is 5.54 Å². The molecule has 1 aromatic rings. The first-order valence-corrected chi connectivity index (χ1v) is 7.21. The second-order valence-corrected chi connectivity index (χ2v) is 5.26. The van der Waals surface area contributed by atoms with Gasteiger partial charge in [0.05, 0.1) is 6.07 Å². The number of hydrogen-bond donors (Lipinski definition) is 1. The maximum absolute atomic E-state index is 9.81. The quantitative estimate of drug-likeness (QED) is 0.815. The molecule has 0 amide bonds. The van der Waals surface area contributed by atoms with Crippen LogP contribution < -0.4 is 5.32 Å². The molecule has 1 N–H and O–H groups in total. The summed E-state index contributed by atoms with van der Waals surface area (Å²) in [5, 5.41) is 13.4. The molecule has 0 radical (unpaired) electrons. The number of likely N-dealkylation sites (N-methyl/N-ethyl adjacent to an activating group) is 1. The Kier molecular flexibility index (Phi) is 4.57. The summed E-state index contributed by atoms with van der Waals surface area (Å²) >= 11 is 0. The minimum absolute atomic E-state index is 0.510. The third-order valence-electron chi connectivity index (χ3n) is 3.84. The summed E-state index contributed by atoms with van der Waals surface area (Å²) in [6.07, 6.45) is 2.38. The lowest BCUT2D eigenvalue weighted by molar-refractivity contribution is 0.227. The molecule has 0 aliphatic heterocycles. The fourth-order valence-electron chi connectivity index (χ4n) is 2.43. The van der Waals surface area contributed by atoms with Crippen LogP contribution in [0.1, 0.15) is 32.3 Å². The van der Waals surface area contributed by atoms with Crippen molar-refractivity contribution in [2.24, 2.45) is 0 Å². The van der Waals surface area contributed by atoms with Crippen LogP contribution in [-0.4, -0.2) is 30.6 Å². The topological polar surface area (TPSA) is 39.1 Å². The van der Waals surface area contributed by atoms with Crippen LogP contribution in [0.15, 0.2) is 30.3 Å². The minimum Gasteiger partial charge on any atom is -0.301 e. The summed E-state index contributed by atoms with van der Waals surface area (Å²) in [6.45, 7) is 6.98. The molecule has 0 heterocycles. The van der Waals surface area contributed by atoms with Crippen LogP contribution in [0.25, 0.3) is 0 Å². The molecule has 3 nitrogen and oxygen atoms in total. The van der Waals surface area contributed by atoms with Crippen molar-refractivity contribution in [2.75, 3.05) is 19.6 Å². The summed E-state index contributed by atoms with van der Waals surface area (Å²) in [5.41, 5.74) is 0.505. The molecule has 1 saturated carbocycles. The smallest absolute Gasteiger partial charge is 0.145 e. The number of benzene rings is 1. The molecular formula is C16H23N3. The van der Waals surface area contributed by atoms with E-state index in [2.05, 4.69) is 42.3 Å². The van der Waals surface area contributed by atoms with Crippen LogP contribution in [0.2, 0.25) is 0 Å². The van der Waals surface area contributed by atoms with Gasteiger partial charge in [-0.05, 0) is 31.5 Å². The van der Waals surface area contributed by atoms with Crippen LogP contribution in [0.3, 0.4) is 0 Å². The molecule has 0 aromatic heterocycles. The van der Waals surface area contributed by atoms with E-state index in [1.54, 1.807) is 0 Å². The van der Waals surface area contributed by atoms with Gasteiger partial charge in [-0.3, -0.25) is 5.32 Å². The van der Waals surface area contributed by atoms with E-state index in [1.165, 1.54) is 12.8 Å². The van der Waals surface area contributed by atoms with E-state index >= 15 is 0 Å². The summed E-state index contributed by atoms with van der Waals surface area (Å²) in [6, 6.07) is 13.2. The molecule has 1 aromatic carbocycles. The molecule has 0 bridgehead atoms. The monoisotopic (exact) mass is 257 g/mol. The lowest BCUT2D eigenvalue weighted by atomic mass is 9.90. The number of rotatable bonds is 7. The van der Waals surface area contributed by atoms with E-state index in [9.17, 15) is 5.26 Å². The first kappa shape index (κ1) is 14.0. The maximum Gasteiger partial charge on any atom is 0.145 e. The lowest BCUT2D eigenvalue weighted by Crippen LogP contribution is -2.51. The van der Waals surface area contributed by atoms with Crippen molar-refractivity contribution in [3.63, 3.8) is 0 Å². The van der Waals surface area contributed by atoms with Gasteiger partial charge in [-0.15, -0.1) is 0 Å². The zero-order chi connectivity index (χ0) is 13.7. The highest BCUT2D eigenvalue weighted by Crippen LogP contribution is 2.29. The Morgan fingerprint density at radius 2 is 1.89 bits per heavy atom. The Hall–Kier alpha value is -1.37. The van der Waals surface area contributed by atoms with Crippen molar-refractivity contribution in [3.05, 3.63) is 35.9 Å². The van der Waals surface area contributed by atoms with Crippen LogP contribution in [0.4, 0.5) is 0 Å². The molecule has 1 aliphatic rings. The van der Waals surface area contributed by atoms with Crippen molar-refractivity contribution in [2.45, 2.75) is 38.3 Å². The fraction of sp³-hybridized carbons (Fsp3) is 0.562. The highest BCUT2D eigenvalue weighted by atomic mass is 15.2. The average molecular weight is 257 g/mol. The molecule has 1 unspecified atom stereocenters. The first-order chi connectivity index (χ1) is 9.24. The largest absolute Gasteiger partial charge is 0.301 e.